The highest BCUT2D eigenvalue weighted by Crippen LogP contribution is 2.32. The molecule has 3 N–H and O–H groups in total. The lowest BCUT2D eigenvalue weighted by molar-refractivity contribution is 0.167. The first-order valence-electron chi connectivity index (χ1n) is 6.90. The van der Waals surface area contributed by atoms with Crippen molar-refractivity contribution in [3.8, 4) is 0 Å². The molecule has 3 rings (SSSR count). The van der Waals surface area contributed by atoms with Crippen LogP contribution in [0.1, 0.15) is 6.42 Å². The minimum Gasteiger partial charge on any atom is -0.453 e. The van der Waals surface area contributed by atoms with Gasteiger partial charge in [0.15, 0.2) is 0 Å². The van der Waals surface area contributed by atoms with Gasteiger partial charge in [-0.05, 0) is 18.6 Å². The van der Waals surface area contributed by atoms with Gasteiger partial charge >= 0.3 is 6.09 Å². The number of carbonyl (C=O) groups excluding carboxylic acids is 1. The molecule has 110 valence electrons. The average Bonchev–Trinajstić information content (AvgIpc) is 2.96. The standard InChI is InChI=1S/C15H18N4O2/c1-21-15(20)18-11-5-7-19(9-11)13-3-2-10-8-17-6-4-12(10)14(13)16/h2-4,6,8,11H,5,7,9,16H2,1H3,(H,18,20). The molecule has 0 radical (unpaired) electrons. The molecule has 1 aliphatic heterocycles. The number of benzene rings is 1. The van der Waals surface area contributed by atoms with Gasteiger partial charge in [0, 0.05) is 36.3 Å². The van der Waals surface area contributed by atoms with Crippen LogP contribution in [0, 0.1) is 0 Å². The summed E-state index contributed by atoms with van der Waals surface area (Å²) in [6, 6.07) is 6.05. The highest BCUT2D eigenvalue weighted by Gasteiger charge is 2.25. The van der Waals surface area contributed by atoms with Gasteiger partial charge in [0.05, 0.1) is 24.5 Å². The number of rotatable bonds is 2. The Labute approximate surface area is 122 Å². The summed E-state index contributed by atoms with van der Waals surface area (Å²) in [5.41, 5.74) is 8.05. The van der Waals surface area contributed by atoms with E-state index in [1.807, 2.05) is 18.2 Å². The third-order valence-electron chi connectivity index (χ3n) is 3.88. The van der Waals surface area contributed by atoms with Crippen LogP contribution in [0.25, 0.3) is 10.8 Å². The molecule has 0 saturated carbocycles. The summed E-state index contributed by atoms with van der Waals surface area (Å²) in [5, 5.41) is 4.87. The molecule has 0 spiro atoms. The van der Waals surface area contributed by atoms with Crippen LogP contribution in [0.5, 0.6) is 0 Å². The Morgan fingerprint density at radius 2 is 2.33 bits per heavy atom. The van der Waals surface area contributed by atoms with Gasteiger partial charge in [-0.2, -0.15) is 0 Å². The monoisotopic (exact) mass is 286 g/mol. The van der Waals surface area contributed by atoms with Gasteiger partial charge in [-0.15, -0.1) is 0 Å². The Balaban J connectivity index is 1.82. The number of nitrogen functional groups attached to an aromatic ring is 1. The SMILES string of the molecule is COC(=O)NC1CCN(c2ccc3cnccc3c2N)C1. The number of ether oxygens (including phenoxy) is 1. The van der Waals surface area contributed by atoms with Gasteiger partial charge in [-0.3, -0.25) is 4.98 Å². The number of alkyl carbamates (subject to hydrolysis) is 1. The number of fused-ring (bicyclic) bond motifs is 1. The zero-order valence-electron chi connectivity index (χ0n) is 11.9. The molecular weight excluding hydrogens is 268 g/mol. The number of nitrogens with one attached hydrogen (secondary N) is 1. The van der Waals surface area contributed by atoms with E-state index in [9.17, 15) is 4.79 Å². The number of anilines is 2. The number of nitrogens with zero attached hydrogens (tertiary/aromatic N) is 2. The number of carbonyl (C=O) groups is 1. The summed E-state index contributed by atoms with van der Waals surface area (Å²) >= 11 is 0. The molecule has 1 amide bonds. The number of pyridine rings is 1. The fraction of sp³-hybridized carbons (Fsp3) is 0.333. The maximum Gasteiger partial charge on any atom is 0.407 e. The summed E-state index contributed by atoms with van der Waals surface area (Å²) in [4.78, 5) is 17.6. The first kappa shape index (κ1) is 13.5. The quantitative estimate of drug-likeness (QED) is 0.822. The van der Waals surface area contributed by atoms with Crippen LogP contribution in [0.3, 0.4) is 0 Å². The maximum absolute atomic E-state index is 11.3. The third kappa shape index (κ3) is 2.56. The number of hydrogen-bond donors (Lipinski definition) is 2. The molecule has 1 aliphatic rings. The van der Waals surface area contributed by atoms with Gasteiger partial charge < -0.3 is 20.7 Å². The Morgan fingerprint density at radius 3 is 3.14 bits per heavy atom. The number of hydrogen-bond acceptors (Lipinski definition) is 5. The second-order valence-corrected chi connectivity index (χ2v) is 5.16. The van der Waals surface area contributed by atoms with E-state index in [-0.39, 0.29) is 12.1 Å². The Hall–Kier alpha value is -2.50. The lowest BCUT2D eigenvalue weighted by Crippen LogP contribution is -2.37. The van der Waals surface area contributed by atoms with Crippen molar-refractivity contribution in [3.05, 3.63) is 30.6 Å². The Bertz CT molecular complexity index is 674. The molecule has 2 aromatic rings. The van der Waals surface area contributed by atoms with Gasteiger partial charge in [0.25, 0.3) is 0 Å². The zero-order valence-corrected chi connectivity index (χ0v) is 11.9. The molecule has 6 nitrogen and oxygen atoms in total. The second-order valence-electron chi connectivity index (χ2n) is 5.16. The minimum atomic E-state index is -0.389. The minimum absolute atomic E-state index is 0.0880. The second kappa shape index (κ2) is 5.47. The van der Waals surface area contributed by atoms with Crippen molar-refractivity contribution in [2.45, 2.75) is 12.5 Å². The molecule has 1 unspecified atom stereocenters. The summed E-state index contributed by atoms with van der Waals surface area (Å²) in [6.45, 7) is 1.59. The van der Waals surface area contributed by atoms with Gasteiger partial charge in [-0.25, -0.2) is 4.79 Å². The summed E-state index contributed by atoms with van der Waals surface area (Å²) in [5.74, 6) is 0. The predicted octanol–water partition coefficient (Wildman–Crippen LogP) is 1.75. The van der Waals surface area contributed by atoms with Crippen LogP contribution < -0.4 is 16.0 Å². The van der Waals surface area contributed by atoms with E-state index in [2.05, 4.69) is 19.9 Å². The van der Waals surface area contributed by atoms with E-state index in [4.69, 9.17) is 5.73 Å². The molecule has 1 saturated heterocycles. The number of nitrogens with two attached hydrogens (primary N) is 1. The maximum atomic E-state index is 11.3. The van der Waals surface area contributed by atoms with Gasteiger partial charge in [-0.1, -0.05) is 6.07 Å². The molecule has 21 heavy (non-hydrogen) atoms. The van der Waals surface area contributed by atoms with Crippen molar-refractivity contribution in [2.75, 3.05) is 30.8 Å². The number of aromatic nitrogens is 1. The molecule has 0 aliphatic carbocycles. The van der Waals surface area contributed by atoms with Crippen molar-refractivity contribution in [1.29, 1.82) is 0 Å². The predicted molar refractivity (Wildman–Crippen MR) is 82.3 cm³/mol. The first-order chi connectivity index (χ1) is 10.2. The van der Waals surface area contributed by atoms with Crippen LogP contribution in [-0.2, 0) is 4.74 Å². The van der Waals surface area contributed by atoms with Crippen molar-refractivity contribution in [2.24, 2.45) is 0 Å². The van der Waals surface area contributed by atoms with E-state index in [0.29, 0.717) is 0 Å². The van der Waals surface area contributed by atoms with E-state index in [1.54, 1.807) is 12.4 Å². The van der Waals surface area contributed by atoms with Crippen molar-refractivity contribution >= 4 is 28.2 Å². The van der Waals surface area contributed by atoms with E-state index >= 15 is 0 Å². The fourth-order valence-corrected chi connectivity index (χ4v) is 2.78. The van der Waals surface area contributed by atoms with Crippen LogP contribution in [0.4, 0.5) is 16.2 Å². The van der Waals surface area contributed by atoms with Gasteiger partial charge in [0.1, 0.15) is 0 Å². The summed E-state index contributed by atoms with van der Waals surface area (Å²) < 4.78 is 4.63. The smallest absolute Gasteiger partial charge is 0.407 e. The average molecular weight is 286 g/mol. The van der Waals surface area contributed by atoms with E-state index in [1.165, 1.54) is 7.11 Å². The van der Waals surface area contributed by atoms with E-state index in [0.717, 1.165) is 41.7 Å². The third-order valence-corrected chi connectivity index (χ3v) is 3.88. The topological polar surface area (TPSA) is 80.5 Å². The highest BCUT2D eigenvalue weighted by molar-refractivity contribution is 5.98. The van der Waals surface area contributed by atoms with Gasteiger partial charge in [0.2, 0.25) is 0 Å². The summed E-state index contributed by atoms with van der Waals surface area (Å²) in [7, 11) is 1.37. The molecule has 1 fully saturated rings. The van der Waals surface area contributed by atoms with Crippen LogP contribution in [-0.4, -0.2) is 37.3 Å². The van der Waals surface area contributed by atoms with Crippen LogP contribution >= 0.6 is 0 Å². The van der Waals surface area contributed by atoms with Crippen molar-refractivity contribution in [3.63, 3.8) is 0 Å². The largest absolute Gasteiger partial charge is 0.453 e. The summed E-state index contributed by atoms with van der Waals surface area (Å²) in [6.07, 6.45) is 4.04. The molecule has 6 heteroatoms. The molecule has 1 atom stereocenters. The molecule has 0 bridgehead atoms. The van der Waals surface area contributed by atoms with Crippen LogP contribution in [0.15, 0.2) is 30.6 Å². The van der Waals surface area contributed by atoms with Crippen molar-refractivity contribution in [1.82, 2.24) is 10.3 Å². The Morgan fingerprint density at radius 1 is 1.48 bits per heavy atom. The lowest BCUT2D eigenvalue weighted by atomic mass is 10.1. The normalized spacial score (nSPS) is 18.0. The number of methoxy groups -OCH3 is 1. The lowest BCUT2D eigenvalue weighted by Gasteiger charge is -2.21. The van der Waals surface area contributed by atoms with Crippen LogP contribution in [0.2, 0.25) is 0 Å². The highest BCUT2D eigenvalue weighted by atomic mass is 16.5. The first-order valence-corrected chi connectivity index (χ1v) is 6.90. The number of amides is 1. The molecular formula is C15H18N4O2. The molecule has 1 aromatic carbocycles. The van der Waals surface area contributed by atoms with Crippen molar-refractivity contribution < 1.29 is 9.53 Å². The zero-order chi connectivity index (χ0) is 14.8. The molecule has 2 heterocycles. The molecule has 1 aromatic heterocycles. The Kier molecular flexibility index (Phi) is 3.51. The van der Waals surface area contributed by atoms with E-state index < -0.39 is 0 Å². The fourth-order valence-electron chi connectivity index (χ4n) is 2.78.